The Balaban J connectivity index is 1.60. The van der Waals surface area contributed by atoms with Crippen LogP contribution < -0.4 is 14.4 Å². The van der Waals surface area contributed by atoms with E-state index in [1.807, 2.05) is 23.1 Å². The molecule has 31 heavy (non-hydrogen) atoms. The highest BCUT2D eigenvalue weighted by Gasteiger charge is 2.47. The van der Waals surface area contributed by atoms with Gasteiger partial charge in [-0.3, -0.25) is 0 Å². The van der Waals surface area contributed by atoms with Gasteiger partial charge in [-0.2, -0.15) is 0 Å². The van der Waals surface area contributed by atoms with Gasteiger partial charge in [0.1, 0.15) is 11.5 Å². The zero-order chi connectivity index (χ0) is 22.4. The van der Waals surface area contributed by atoms with Gasteiger partial charge in [0.2, 0.25) is 0 Å². The number of methoxy groups -OCH3 is 2. The van der Waals surface area contributed by atoms with Gasteiger partial charge in [-0.1, -0.05) is 13.8 Å². The number of urea groups is 1. The molecule has 0 aliphatic carbocycles. The van der Waals surface area contributed by atoms with E-state index in [2.05, 4.69) is 18.7 Å². The standard InChI is InChI=1S/C22H33N3O5S/c1-22(2)12-16-13-24(21(26)23-5-7-31(27,28)8-6-23)15-20(22)25(14-16)17-9-18(29-3)11-19(10-17)30-4/h9-11,16,20H,5-8,12-15H2,1-4H3. The topological polar surface area (TPSA) is 79.4 Å². The lowest BCUT2D eigenvalue weighted by Gasteiger charge is -2.48. The second-order valence-corrected chi connectivity index (χ2v) is 11.9. The second kappa shape index (κ2) is 8.07. The van der Waals surface area contributed by atoms with Gasteiger partial charge in [0, 0.05) is 56.6 Å². The predicted molar refractivity (Wildman–Crippen MR) is 120 cm³/mol. The van der Waals surface area contributed by atoms with Crippen LogP contribution in [-0.2, 0) is 9.84 Å². The van der Waals surface area contributed by atoms with E-state index in [1.165, 1.54) is 0 Å². The number of ether oxygens (including phenoxy) is 2. The van der Waals surface area contributed by atoms with Crippen LogP contribution in [-0.4, -0.2) is 88.7 Å². The molecule has 1 aromatic rings. The largest absolute Gasteiger partial charge is 0.497 e. The van der Waals surface area contributed by atoms with Crippen LogP contribution in [0.4, 0.5) is 10.5 Å². The first-order valence-corrected chi connectivity index (χ1v) is 12.7. The fraction of sp³-hybridized carbons (Fsp3) is 0.682. The fourth-order valence-electron chi connectivity index (χ4n) is 5.34. The number of amides is 2. The smallest absolute Gasteiger partial charge is 0.320 e. The van der Waals surface area contributed by atoms with Gasteiger partial charge >= 0.3 is 6.03 Å². The van der Waals surface area contributed by atoms with Crippen LogP contribution in [0.3, 0.4) is 0 Å². The summed E-state index contributed by atoms with van der Waals surface area (Å²) >= 11 is 0. The summed E-state index contributed by atoms with van der Waals surface area (Å²) in [6, 6.07) is 6.03. The highest BCUT2D eigenvalue weighted by Crippen LogP contribution is 2.44. The third-order valence-electron chi connectivity index (χ3n) is 6.97. The molecule has 1 aromatic carbocycles. The lowest BCUT2D eigenvalue weighted by molar-refractivity contribution is 0.153. The number of nitrogens with zero attached hydrogens (tertiary/aromatic N) is 3. The van der Waals surface area contributed by atoms with Crippen molar-refractivity contribution in [2.24, 2.45) is 11.3 Å². The normalized spacial score (nSPS) is 27.0. The van der Waals surface area contributed by atoms with Gasteiger partial charge in [-0.05, 0) is 17.8 Å². The number of piperidine rings is 1. The molecule has 2 bridgehead atoms. The summed E-state index contributed by atoms with van der Waals surface area (Å²) in [5, 5.41) is 0. The Bertz CT molecular complexity index is 912. The molecule has 2 atom stereocenters. The number of sulfone groups is 1. The average Bonchev–Trinajstić information content (AvgIpc) is 3.00. The average molecular weight is 452 g/mol. The molecular weight excluding hydrogens is 418 g/mol. The van der Waals surface area contributed by atoms with Crippen molar-refractivity contribution in [2.75, 3.05) is 63.3 Å². The van der Waals surface area contributed by atoms with Crippen LogP contribution in [0.1, 0.15) is 20.3 Å². The van der Waals surface area contributed by atoms with Gasteiger partial charge in [-0.25, -0.2) is 13.2 Å². The molecule has 2 amide bonds. The molecule has 0 N–H and O–H groups in total. The number of anilines is 1. The summed E-state index contributed by atoms with van der Waals surface area (Å²) in [4.78, 5) is 19.3. The molecule has 5 rings (SSSR count). The van der Waals surface area contributed by atoms with Crippen LogP contribution in [0, 0.1) is 11.3 Å². The Morgan fingerprint density at radius 3 is 2.16 bits per heavy atom. The maximum atomic E-state index is 13.3. The van der Waals surface area contributed by atoms with Crippen LogP contribution in [0.5, 0.6) is 11.5 Å². The number of hydrogen-bond donors (Lipinski definition) is 0. The molecular formula is C22H33N3O5S. The Morgan fingerprint density at radius 2 is 1.58 bits per heavy atom. The van der Waals surface area contributed by atoms with Crippen molar-refractivity contribution in [3.05, 3.63) is 18.2 Å². The first-order chi connectivity index (χ1) is 14.6. The van der Waals surface area contributed by atoms with Crippen molar-refractivity contribution >= 4 is 21.6 Å². The van der Waals surface area contributed by atoms with E-state index in [1.54, 1.807) is 19.1 Å². The summed E-state index contributed by atoms with van der Waals surface area (Å²) in [6.07, 6.45) is 1.05. The summed E-state index contributed by atoms with van der Waals surface area (Å²) < 4.78 is 34.5. The zero-order valence-electron chi connectivity index (χ0n) is 18.8. The number of carbonyl (C=O) groups is 1. The van der Waals surface area contributed by atoms with Gasteiger partial charge < -0.3 is 24.2 Å². The van der Waals surface area contributed by atoms with E-state index in [0.29, 0.717) is 19.0 Å². The Labute approximate surface area is 185 Å². The van der Waals surface area contributed by atoms with E-state index in [9.17, 15) is 13.2 Å². The molecule has 4 aliphatic heterocycles. The van der Waals surface area contributed by atoms with E-state index < -0.39 is 9.84 Å². The molecule has 4 aliphatic rings. The molecule has 4 saturated heterocycles. The SMILES string of the molecule is COc1cc(OC)cc(N2CC3CN(C(=O)N4CCS(=O)(=O)CC4)CC2C(C)(C)C3)c1. The summed E-state index contributed by atoms with van der Waals surface area (Å²) in [5.41, 5.74) is 1.07. The molecule has 0 radical (unpaired) electrons. The summed E-state index contributed by atoms with van der Waals surface area (Å²) in [6.45, 7) is 7.29. The first kappa shape index (κ1) is 22.0. The minimum Gasteiger partial charge on any atom is -0.497 e. The van der Waals surface area contributed by atoms with Crippen LogP contribution in [0.2, 0.25) is 0 Å². The highest BCUT2D eigenvalue weighted by atomic mass is 32.2. The first-order valence-electron chi connectivity index (χ1n) is 10.9. The minimum atomic E-state index is -3.02. The van der Waals surface area contributed by atoms with Crippen molar-refractivity contribution in [3.63, 3.8) is 0 Å². The van der Waals surface area contributed by atoms with Crippen molar-refractivity contribution in [1.29, 1.82) is 0 Å². The van der Waals surface area contributed by atoms with Crippen molar-refractivity contribution in [3.8, 4) is 11.5 Å². The van der Waals surface area contributed by atoms with Crippen molar-refractivity contribution < 1.29 is 22.7 Å². The van der Waals surface area contributed by atoms with Gasteiger partial charge in [0.05, 0.1) is 31.8 Å². The third kappa shape index (κ3) is 4.42. The Kier molecular flexibility index (Phi) is 5.74. The van der Waals surface area contributed by atoms with Crippen LogP contribution >= 0.6 is 0 Å². The molecule has 4 heterocycles. The molecule has 8 nitrogen and oxygen atoms in total. The maximum Gasteiger partial charge on any atom is 0.320 e. The van der Waals surface area contributed by atoms with E-state index in [4.69, 9.17) is 9.47 Å². The third-order valence-corrected chi connectivity index (χ3v) is 8.58. The lowest BCUT2D eigenvalue weighted by atomic mass is 9.73. The molecule has 2 unspecified atom stereocenters. The number of rotatable bonds is 3. The lowest BCUT2D eigenvalue weighted by Crippen LogP contribution is -2.55. The quantitative estimate of drug-likeness (QED) is 0.700. The zero-order valence-corrected chi connectivity index (χ0v) is 19.7. The monoisotopic (exact) mass is 451 g/mol. The van der Waals surface area contributed by atoms with Crippen molar-refractivity contribution in [1.82, 2.24) is 9.80 Å². The number of fused-ring (bicyclic) bond motifs is 4. The molecule has 0 spiro atoms. The minimum absolute atomic E-state index is 0.0273. The molecule has 0 aromatic heterocycles. The number of benzene rings is 1. The second-order valence-electron chi connectivity index (χ2n) is 9.62. The predicted octanol–water partition coefficient (Wildman–Crippen LogP) is 2.09. The Morgan fingerprint density at radius 1 is 0.968 bits per heavy atom. The van der Waals surface area contributed by atoms with Gasteiger partial charge in [0.15, 0.2) is 9.84 Å². The Hall–Kier alpha value is -2.16. The molecule has 9 heteroatoms. The molecule has 4 fully saturated rings. The van der Waals surface area contributed by atoms with E-state index >= 15 is 0 Å². The van der Waals surface area contributed by atoms with Crippen molar-refractivity contribution in [2.45, 2.75) is 26.3 Å². The highest BCUT2D eigenvalue weighted by molar-refractivity contribution is 7.91. The van der Waals surface area contributed by atoms with Crippen LogP contribution in [0.15, 0.2) is 18.2 Å². The summed E-state index contributed by atoms with van der Waals surface area (Å²) in [7, 11) is 0.281. The van der Waals surface area contributed by atoms with Crippen LogP contribution in [0.25, 0.3) is 0 Å². The number of carbonyl (C=O) groups excluding carboxylic acids is 1. The van der Waals surface area contributed by atoms with Gasteiger partial charge in [0.25, 0.3) is 0 Å². The van der Waals surface area contributed by atoms with E-state index in [0.717, 1.165) is 30.2 Å². The van der Waals surface area contributed by atoms with Gasteiger partial charge in [-0.15, -0.1) is 0 Å². The maximum absolute atomic E-state index is 13.3. The molecule has 172 valence electrons. The molecule has 0 saturated carbocycles. The number of hydrogen-bond acceptors (Lipinski definition) is 6. The van der Waals surface area contributed by atoms with E-state index in [-0.39, 0.29) is 42.1 Å². The fourth-order valence-corrected chi connectivity index (χ4v) is 6.54. The summed E-state index contributed by atoms with van der Waals surface area (Å²) in [5.74, 6) is 1.94.